The van der Waals surface area contributed by atoms with Gasteiger partial charge < -0.3 is 9.47 Å². The summed E-state index contributed by atoms with van der Waals surface area (Å²) in [5.74, 6) is 0.923. The fourth-order valence-electron chi connectivity index (χ4n) is 4.27. The quantitative estimate of drug-likeness (QED) is 0.843. The number of aryl methyl sites for hydroxylation is 1. The maximum atomic E-state index is 6.20. The van der Waals surface area contributed by atoms with Crippen molar-refractivity contribution in [3.05, 3.63) is 28.5 Å². The van der Waals surface area contributed by atoms with Crippen LogP contribution in [0.15, 0.2) is 12.3 Å². The summed E-state index contributed by atoms with van der Waals surface area (Å²) in [5.41, 5.74) is 4.09. The Morgan fingerprint density at radius 1 is 1.32 bits per heavy atom. The second kappa shape index (κ2) is 5.86. The van der Waals surface area contributed by atoms with Crippen molar-refractivity contribution in [1.82, 2.24) is 14.5 Å². The van der Waals surface area contributed by atoms with E-state index in [0.717, 1.165) is 42.6 Å². The van der Waals surface area contributed by atoms with Gasteiger partial charge in [-0.2, -0.15) is 0 Å². The molecule has 3 nitrogen and oxygen atoms in total. The molecule has 2 aliphatic rings. The Bertz CT molecular complexity index is 685. The van der Waals surface area contributed by atoms with Gasteiger partial charge in [0.15, 0.2) is 0 Å². The monoisotopic (exact) mass is 317 g/mol. The molecule has 1 fully saturated rings. The van der Waals surface area contributed by atoms with E-state index in [-0.39, 0.29) is 0 Å². The number of hydrogen-bond donors (Lipinski definition) is 0. The molecule has 2 aromatic rings. The molecule has 1 saturated carbocycles. The smallest absolute Gasteiger partial charge is 0.140 e. The molecule has 4 heteroatoms. The third-order valence-electron chi connectivity index (χ3n) is 5.48. The van der Waals surface area contributed by atoms with Crippen LogP contribution in [0.3, 0.4) is 0 Å². The molecule has 0 saturated heterocycles. The van der Waals surface area contributed by atoms with E-state index < -0.39 is 0 Å². The third-order valence-corrected chi connectivity index (χ3v) is 5.69. The predicted octanol–water partition coefficient (Wildman–Crippen LogP) is 4.26. The van der Waals surface area contributed by atoms with Gasteiger partial charge in [-0.15, -0.1) is 0 Å². The number of likely N-dealkylation sites (N-methyl/N-ethyl adjacent to an activating group) is 1. The lowest BCUT2D eigenvalue weighted by Crippen LogP contribution is -2.27. The van der Waals surface area contributed by atoms with E-state index in [9.17, 15) is 0 Å². The maximum Gasteiger partial charge on any atom is 0.140 e. The minimum atomic E-state index is 0.747. The van der Waals surface area contributed by atoms with Crippen LogP contribution in [-0.4, -0.2) is 28.0 Å². The minimum Gasteiger partial charge on any atom is -0.329 e. The van der Waals surface area contributed by atoms with Crippen molar-refractivity contribution in [3.63, 3.8) is 0 Å². The van der Waals surface area contributed by atoms with Crippen molar-refractivity contribution in [2.75, 3.05) is 13.6 Å². The summed E-state index contributed by atoms with van der Waals surface area (Å²) in [6, 6.07) is 2.11. The molecule has 0 radical (unpaired) electrons. The van der Waals surface area contributed by atoms with Gasteiger partial charge in [-0.05, 0) is 31.0 Å². The van der Waals surface area contributed by atoms with Crippen molar-refractivity contribution >= 4 is 22.6 Å². The van der Waals surface area contributed by atoms with Crippen LogP contribution < -0.4 is 0 Å². The molecule has 0 N–H and O–H groups in total. The van der Waals surface area contributed by atoms with E-state index in [1.807, 2.05) is 0 Å². The van der Waals surface area contributed by atoms with Crippen LogP contribution in [0, 0.1) is 5.92 Å². The standard InChI is InChI=1S/C18H24ClN3/c1-21-8-7-17-16(12-21)15-10-14(19)11-20-18(15)22(17)9-6-13-4-2-3-5-13/h10-11,13H,2-9,12H2,1H3. The summed E-state index contributed by atoms with van der Waals surface area (Å²) in [6.45, 7) is 3.28. The van der Waals surface area contributed by atoms with Crippen LogP contribution >= 0.6 is 11.6 Å². The van der Waals surface area contributed by atoms with Crippen molar-refractivity contribution in [1.29, 1.82) is 0 Å². The first kappa shape index (κ1) is 14.5. The second-order valence-electron chi connectivity index (χ2n) is 7.03. The molecule has 0 aromatic carbocycles. The van der Waals surface area contributed by atoms with Crippen molar-refractivity contribution in [2.45, 2.75) is 51.6 Å². The van der Waals surface area contributed by atoms with Gasteiger partial charge in [-0.3, -0.25) is 0 Å². The first-order chi connectivity index (χ1) is 10.7. The molecule has 0 bridgehead atoms. The summed E-state index contributed by atoms with van der Waals surface area (Å²) in [7, 11) is 2.20. The van der Waals surface area contributed by atoms with Gasteiger partial charge in [0.1, 0.15) is 5.65 Å². The highest BCUT2D eigenvalue weighted by Gasteiger charge is 2.24. The molecule has 1 aliphatic carbocycles. The van der Waals surface area contributed by atoms with Crippen molar-refractivity contribution in [2.24, 2.45) is 5.92 Å². The van der Waals surface area contributed by atoms with Crippen LogP contribution in [0.25, 0.3) is 11.0 Å². The Morgan fingerprint density at radius 2 is 2.14 bits per heavy atom. The van der Waals surface area contributed by atoms with Gasteiger partial charge in [0.25, 0.3) is 0 Å². The molecule has 2 aromatic heterocycles. The average molecular weight is 318 g/mol. The van der Waals surface area contributed by atoms with E-state index in [1.54, 1.807) is 6.20 Å². The van der Waals surface area contributed by atoms with Gasteiger partial charge in [0, 0.05) is 43.3 Å². The molecule has 22 heavy (non-hydrogen) atoms. The van der Waals surface area contributed by atoms with E-state index in [4.69, 9.17) is 11.6 Å². The molecule has 1 aliphatic heterocycles. The lowest BCUT2D eigenvalue weighted by Gasteiger charge is -2.24. The first-order valence-corrected chi connectivity index (χ1v) is 8.94. The molecule has 0 spiro atoms. The molecule has 0 atom stereocenters. The predicted molar refractivity (Wildman–Crippen MR) is 91.4 cm³/mol. The average Bonchev–Trinajstić information content (AvgIpc) is 3.11. The van der Waals surface area contributed by atoms with Crippen molar-refractivity contribution in [3.8, 4) is 0 Å². The second-order valence-corrected chi connectivity index (χ2v) is 7.46. The molecular formula is C18H24ClN3. The van der Waals surface area contributed by atoms with Gasteiger partial charge in [0.2, 0.25) is 0 Å². The summed E-state index contributed by atoms with van der Waals surface area (Å²) in [4.78, 5) is 7.06. The van der Waals surface area contributed by atoms with Gasteiger partial charge in [-0.1, -0.05) is 37.3 Å². The lowest BCUT2D eigenvalue weighted by molar-refractivity contribution is 0.308. The Labute approximate surface area is 137 Å². The summed E-state index contributed by atoms with van der Waals surface area (Å²) in [6.07, 6.45) is 9.92. The molecule has 0 unspecified atom stereocenters. The number of fused-ring (bicyclic) bond motifs is 3. The number of hydrogen-bond acceptors (Lipinski definition) is 2. The number of halogens is 1. The molecular weight excluding hydrogens is 294 g/mol. The lowest BCUT2D eigenvalue weighted by atomic mass is 10.0. The minimum absolute atomic E-state index is 0.747. The number of aromatic nitrogens is 2. The SMILES string of the molecule is CN1CCc2c(c3cc(Cl)cnc3n2CCC2CCCC2)C1. The van der Waals surface area contributed by atoms with Crippen LogP contribution in [0.1, 0.15) is 43.4 Å². The van der Waals surface area contributed by atoms with E-state index in [1.165, 1.54) is 48.7 Å². The number of pyridine rings is 1. The first-order valence-electron chi connectivity index (χ1n) is 8.56. The van der Waals surface area contributed by atoms with E-state index in [2.05, 4.69) is 27.6 Å². The number of rotatable bonds is 3. The molecule has 118 valence electrons. The Hall–Kier alpha value is -1.06. The third kappa shape index (κ3) is 2.55. The summed E-state index contributed by atoms with van der Waals surface area (Å²) < 4.78 is 2.49. The summed E-state index contributed by atoms with van der Waals surface area (Å²) in [5, 5.41) is 2.01. The normalized spacial score (nSPS) is 19.9. The highest BCUT2D eigenvalue weighted by Crippen LogP contribution is 2.33. The van der Waals surface area contributed by atoms with Crippen LogP contribution in [-0.2, 0) is 19.5 Å². The highest BCUT2D eigenvalue weighted by molar-refractivity contribution is 6.31. The highest BCUT2D eigenvalue weighted by atomic mass is 35.5. The van der Waals surface area contributed by atoms with Crippen LogP contribution in [0.2, 0.25) is 5.02 Å². The fraction of sp³-hybridized carbons (Fsp3) is 0.611. The van der Waals surface area contributed by atoms with Crippen LogP contribution in [0.5, 0.6) is 0 Å². The molecule has 4 rings (SSSR count). The maximum absolute atomic E-state index is 6.20. The number of nitrogens with zero attached hydrogens (tertiary/aromatic N) is 3. The van der Waals surface area contributed by atoms with Crippen LogP contribution in [0.4, 0.5) is 0 Å². The topological polar surface area (TPSA) is 21.1 Å². The summed E-state index contributed by atoms with van der Waals surface area (Å²) >= 11 is 6.20. The van der Waals surface area contributed by atoms with Crippen molar-refractivity contribution < 1.29 is 0 Å². The fourth-order valence-corrected chi connectivity index (χ4v) is 4.43. The Kier molecular flexibility index (Phi) is 3.87. The van der Waals surface area contributed by atoms with Gasteiger partial charge in [-0.25, -0.2) is 4.98 Å². The zero-order chi connectivity index (χ0) is 15.1. The largest absolute Gasteiger partial charge is 0.329 e. The molecule has 3 heterocycles. The Balaban J connectivity index is 1.72. The molecule has 0 amide bonds. The Morgan fingerprint density at radius 3 is 2.95 bits per heavy atom. The zero-order valence-electron chi connectivity index (χ0n) is 13.3. The zero-order valence-corrected chi connectivity index (χ0v) is 14.1. The van der Waals surface area contributed by atoms with E-state index >= 15 is 0 Å². The van der Waals surface area contributed by atoms with E-state index in [0.29, 0.717) is 0 Å². The van der Waals surface area contributed by atoms with Gasteiger partial charge >= 0.3 is 0 Å². The van der Waals surface area contributed by atoms with Gasteiger partial charge in [0.05, 0.1) is 5.02 Å².